The van der Waals surface area contributed by atoms with Gasteiger partial charge in [-0.2, -0.15) is 0 Å². The Morgan fingerprint density at radius 1 is 1.42 bits per heavy atom. The van der Waals surface area contributed by atoms with Gasteiger partial charge in [0.05, 0.1) is 16.3 Å². The second-order valence-corrected chi connectivity index (χ2v) is 6.99. The first kappa shape index (κ1) is 18.9. The molecule has 0 spiro atoms. The zero-order chi connectivity index (χ0) is 17.7. The lowest BCUT2D eigenvalue weighted by atomic mass is 9.87. The first-order valence-corrected chi connectivity index (χ1v) is 9.62. The summed E-state index contributed by atoms with van der Waals surface area (Å²) in [7, 11) is 0. The van der Waals surface area contributed by atoms with Crippen LogP contribution in [0.15, 0.2) is 41.2 Å². The third-order valence-electron chi connectivity index (χ3n) is 4.20. The SMILES string of the molecule is CCC1=CC(C)=C(OCc2c(Cl)cccc2OC(=O)SC)CC1C. The van der Waals surface area contributed by atoms with Gasteiger partial charge in [-0.15, -0.1) is 0 Å². The summed E-state index contributed by atoms with van der Waals surface area (Å²) in [5.74, 6) is 1.91. The van der Waals surface area contributed by atoms with Crippen molar-refractivity contribution in [2.24, 2.45) is 5.92 Å². The van der Waals surface area contributed by atoms with Gasteiger partial charge in [0.1, 0.15) is 12.4 Å². The predicted molar refractivity (Wildman–Crippen MR) is 101 cm³/mol. The number of hydrogen-bond donors (Lipinski definition) is 0. The number of halogens is 1. The minimum absolute atomic E-state index is 0.283. The van der Waals surface area contributed by atoms with Gasteiger partial charge in [0.15, 0.2) is 0 Å². The van der Waals surface area contributed by atoms with Gasteiger partial charge >= 0.3 is 5.30 Å². The fourth-order valence-corrected chi connectivity index (χ4v) is 3.15. The molecule has 1 aromatic carbocycles. The summed E-state index contributed by atoms with van der Waals surface area (Å²) in [6, 6.07) is 5.27. The molecule has 0 aromatic heterocycles. The monoisotopic (exact) mass is 366 g/mol. The molecule has 5 heteroatoms. The standard InChI is InChI=1S/C19H23ClO3S/c1-5-14-9-13(3)18(10-12(14)2)22-11-15-16(20)7-6-8-17(15)23-19(21)24-4/h6-9,12H,5,10-11H2,1-4H3. The summed E-state index contributed by atoms with van der Waals surface area (Å²) in [5, 5.41) is 0.170. The molecular formula is C19H23ClO3S. The molecule has 1 aliphatic rings. The molecule has 1 aromatic rings. The van der Waals surface area contributed by atoms with Crippen LogP contribution < -0.4 is 4.74 Å². The Balaban J connectivity index is 2.17. The Labute approximate surface area is 153 Å². The van der Waals surface area contributed by atoms with Crippen LogP contribution in [0.1, 0.15) is 39.2 Å². The molecule has 1 unspecified atom stereocenters. The van der Waals surface area contributed by atoms with Crippen LogP contribution in [0, 0.1) is 5.92 Å². The number of allylic oxidation sites excluding steroid dienone is 4. The highest BCUT2D eigenvalue weighted by Crippen LogP contribution is 2.34. The fourth-order valence-electron chi connectivity index (χ4n) is 2.76. The topological polar surface area (TPSA) is 35.5 Å². The zero-order valence-electron chi connectivity index (χ0n) is 14.5. The van der Waals surface area contributed by atoms with Crippen LogP contribution in [0.25, 0.3) is 0 Å². The van der Waals surface area contributed by atoms with Gasteiger partial charge in [0, 0.05) is 6.42 Å². The van der Waals surface area contributed by atoms with Crippen molar-refractivity contribution in [3.63, 3.8) is 0 Å². The highest BCUT2D eigenvalue weighted by atomic mass is 35.5. The number of ether oxygens (including phenoxy) is 2. The van der Waals surface area contributed by atoms with E-state index in [2.05, 4.69) is 26.8 Å². The maximum absolute atomic E-state index is 11.6. The highest BCUT2D eigenvalue weighted by molar-refractivity contribution is 8.12. The Bertz CT molecular complexity index is 679. The van der Waals surface area contributed by atoms with E-state index >= 15 is 0 Å². The van der Waals surface area contributed by atoms with Gasteiger partial charge < -0.3 is 9.47 Å². The van der Waals surface area contributed by atoms with Crippen LogP contribution in [0.5, 0.6) is 5.75 Å². The number of rotatable bonds is 5. The van der Waals surface area contributed by atoms with Crippen molar-refractivity contribution in [1.82, 2.24) is 0 Å². The molecule has 0 radical (unpaired) electrons. The molecular weight excluding hydrogens is 344 g/mol. The summed E-state index contributed by atoms with van der Waals surface area (Å²) in [5.41, 5.74) is 3.30. The Morgan fingerprint density at radius 2 is 2.17 bits per heavy atom. The largest absolute Gasteiger partial charge is 0.493 e. The molecule has 2 rings (SSSR count). The molecule has 0 bridgehead atoms. The molecule has 0 heterocycles. The summed E-state index contributed by atoms with van der Waals surface area (Å²) in [6.45, 7) is 6.74. The van der Waals surface area contributed by atoms with Crippen molar-refractivity contribution < 1.29 is 14.3 Å². The third-order valence-corrected chi connectivity index (χ3v) is 4.97. The Morgan fingerprint density at radius 3 is 2.83 bits per heavy atom. The van der Waals surface area contributed by atoms with Crippen LogP contribution in [-0.4, -0.2) is 11.6 Å². The second kappa shape index (κ2) is 8.63. The van der Waals surface area contributed by atoms with E-state index in [0.717, 1.165) is 35.9 Å². The minimum atomic E-state index is -0.365. The van der Waals surface area contributed by atoms with Crippen LogP contribution in [0.2, 0.25) is 5.02 Å². The highest BCUT2D eigenvalue weighted by Gasteiger charge is 2.19. The van der Waals surface area contributed by atoms with Crippen molar-refractivity contribution in [2.45, 2.75) is 40.2 Å². The van der Waals surface area contributed by atoms with Crippen LogP contribution in [-0.2, 0) is 11.3 Å². The van der Waals surface area contributed by atoms with Crippen molar-refractivity contribution >= 4 is 28.7 Å². The molecule has 0 saturated heterocycles. The Kier molecular flexibility index (Phi) is 6.81. The molecule has 24 heavy (non-hydrogen) atoms. The van der Waals surface area contributed by atoms with Crippen molar-refractivity contribution in [2.75, 3.05) is 6.26 Å². The molecule has 1 atom stereocenters. The van der Waals surface area contributed by atoms with Crippen LogP contribution in [0.3, 0.4) is 0 Å². The molecule has 0 amide bonds. The number of hydrogen-bond acceptors (Lipinski definition) is 4. The van der Waals surface area contributed by atoms with Gasteiger partial charge in [0.25, 0.3) is 0 Å². The third kappa shape index (κ3) is 4.58. The van der Waals surface area contributed by atoms with E-state index in [4.69, 9.17) is 21.1 Å². The smallest absolute Gasteiger partial charge is 0.372 e. The van der Waals surface area contributed by atoms with Gasteiger partial charge in [-0.25, -0.2) is 4.79 Å². The minimum Gasteiger partial charge on any atom is -0.493 e. The normalized spacial score (nSPS) is 17.5. The maximum Gasteiger partial charge on any atom is 0.372 e. The van der Waals surface area contributed by atoms with Crippen molar-refractivity contribution in [3.8, 4) is 5.75 Å². The van der Waals surface area contributed by atoms with E-state index in [0.29, 0.717) is 22.3 Å². The quantitative estimate of drug-likeness (QED) is 0.567. The number of carbonyl (C=O) groups is 1. The van der Waals surface area contributed by atoms with Crippen molar-refractivity contribution in [1.29, 1.82) is 0 Å². The van der Waals surface area contributed by atoms with Gasteiger partial charge in [-0.1, -0.05) is 43.2 Å². The lowest BCUT2D eigenvalue weighted by molar-refractivity contribution is 0.175. The van der Waals surface area contributed by atoms with E-state index in [1.165, 1.54) is 5.57 Å². The summed E-state index contributed by atoms with van der Waals surface area (Å²) < 4.78 is 11.4. The van der Waals surface area contributed by atoms with E-state index in [-0.39, 0.29) is 11.9 Å². The van der Waals surface area contributed by atoms with E-state index in [1.807, 2.05) is 0 Å². The van der Waals surface area contributed by atoms with Crippen LogP contribution in [0.4, 0.5) is 4.79 Å². The lowest BCUT2D eigenvalue weighted by Gasteiger charge is -2.24. The fraction of sp³-hybridized carbons (Fsp3) is 0.421. The van der Waals surface area contributed by atoms with E-state index in [1.54, 1.807) is 24.5 Å². The first-order chi connectivity index (χ1) is 11.5. The lowest BCUT2D eigenvalue weighted by Crippen LogP contribution is -2.10. The maximum atomic E-state index is 11.6. The molecule has 0 saturated carbocycles. The van der Waals surface area contributed by atoms with Crippen molar-refractivity contribution in [3.05, 3.63) is 51.8 Å². The predicted octanol–water partition coefficient (Wildman–Crippen LogP) is 6.37. The van der Waals surface area contributed by atoms with Crippen LogP contribution >= 0.6 is 23.4 Å². The van der Waals surface area contributed by atoms with Gasteiger partial charge in [-0.3, -0.25) is 0 Å². The summed E-state index contributed by atoms with van der Waals surface area (Å²) >= 11 is 7.30. The molecule has 3 nitrogen and oxygen atoms in total. The number of thioether (sulfide) groups is 1. The Hall–Kier alpha value is -1.39. The first-order valence-electron chi connectivity index (χ1n) is 8.02. The zero-order valence-corrected chi connectivity index (χ0v) is 16.1. The van der Waals surface area contributed by atoms with E-state index in [9.17, 15) is 4.79 Å². The second-order valence-electron chi connectivity index (χ2n) is 5.85. The number of carbonyl (C=O) groups excluding carboxylic acids is 1. The van der Waals surface area contributed by atoms with Gasteiger partial charge in [-0.05, 0) is 55.0 Å². The van der Waals surface area contributed by atoms with E-state index < -0.39 is 0 Å². The van der Waals surface area contributed by atoms with Gasteiger partial charge in [0.2, 0.25) is 0 Å². The molecule has 0 N–H and O–H groups in total. The average molecular weight is 367 g/mol. The summed E-state index contributed by atoms with van der Waals surface area (Å²) in [6.07, 6.45) is 5.84. The summed E-state index contributed by atoms with van der Waals surface area (Å²) in [4.78, 5) is 11.6. The molecule has 0 fully saturated rings. The molecule has 130 valence electrons. The number of benzene rings is 1. The molecule has 1 aliphatic carbocycles. The average Bonchev–Trinajstić information content (AvgIpc) is 2.56. The molecule has 0 aliphatic heterocycles.